The first-order valence-electron chi connectivity index (χ1n) is 1.90. The summed E-state index contributed by atoms with van der Waals surface area (Å²) in [6.07, 6.45) is 6.94. The summed E-state index contributed by atoms with van der Waals surface area (Å²) < 4.78 is 0. The number of thioether (sulfide) groups is 1. The van der Waals surface area contributed by atoms with E-state index >= 15 is 0 Å². The summed E-state index contributed by atoms with van der Waals surface area (Å²) in [6.45, 7) is 0. The number of terminal acetylenes is 1. The molecular weight excluding hydrogens is 128 g/mol. The molecule has 0 heterocycles. The van der Waals surface area contributed by atoms with Gasteiger partial charge in [0.15, 0.2) is 0 Å². The fourth-order valence-corrected chi connectivity index (χ4v) is 0.961. The first-order valence-corrected chi connectivity index (χ1v) is 3.73. The first-order chi connectivity index (χ1) is 3.31. The van der Waals surface area contributed by atoms with Gasteiger partial charge in [0.2, 0.25) is 0 Å². The van der Waals surface area contributed by atoms with Crippen molar-refractivity contribution < 1.29 is 0 Å². The van der Waals surface area contributed by atoms with Gasteiger partial charge >= 0.3 is 0 Å². The molecule has 40 valence electrons. The fraction of sp³-hybridized carbons (Fsp3) is 0.600. The average molecular weight is 135 g/mol. The molecule has 7 heavy (non-hydrogen) atoms. The SMILES string of the molecule is C#CC(Cl)CSC. The lowest BCUT2D eigenvalue weighted by Crippen LogP contribution is -1.95. The van der Waals surface area contributed by atoms with Crippen molar-refractivity contribution in [2.75, 3.05) is 12.0 Å². The Kier molecular flexibility index (Phi) is 4.49. The van der Waals surface area contributed by atoms with Gasteiger partial charge in [-0.25, -0.2) is 0 Å². The maximum absolute atomic E-state index is 5.51. The number of alkyl halides is 1. The van der Waals surface area contributed by atoms with Crippen LogP contribution in [0.3, 0.4) is 0 Å². The molecule has 0 radical (unpaired) electrons. The highest BCUT2D eigenvalue weighted by Crippen LogP contribution is 2.01. The Bertz CT molecular complexity index is 74.6. The number of halogens is 1. The highest BCUT2D eigenvalue weighted by atomic mass is 35.5. The predicted molar refractivity (Wildman–Crippen MR) is 36.9 cm³/mol. The van der Waals surface area contributed by atoms with E-state index in [-0.39, 0.29) is 5.38 Å². The predicted octanol–water partition coefficient (Wildman–Crippen LogP) is 1.59. The van der Waals surface area contributed by atoms with E-state index in [1.165, 1.54) is 0 Å². The summed E-state index contributed by atoms with van der Waals surface area (Å²) in [7, 11) is 0. The van der Waals surface area contributed by atoms with Gasteiger partial charge in [-0.15, -0.1) is 18.0 Å². The summed E-state index contributed by atoms with van der Waals surface area (Å²) in [4.78, 5) is 0. The van der Waals surface area contributed by atoms with Crippen LogP contribution in [0.1, 0.15) is 0 Å². The van der Waals surface area contributed by atoms with Crippen molar-refractivity contribution in [2.24, 2.45) is 0 Å². The Balaban J connectivity index is 3.04. The third-order valence-corrected chi connectivity index (χ3v) is 1.62. The molecule has 0 N–H and O–H groups in total. The van der Waals surface area contributed by atoms with E-state index in [4.69, 9.17) is 18.0 Å². The normalized spacial score (nSPS) is 12.7. The minimum absolute atomic E-state index is 0.0880. The smallest absolute Gasteiger partial charge is 0.103 e. The van der Waals surface area contributed by atoms with E-state index in [2.05, 4.69) is 5.92 Å². The molecule has 0 bridgehead atoms. The lowest BCUT2D eigenvalue weighted by Gasteiger charge is -1.93. The van der Waals surface area contributed by atoms with Crippen molar-refractivity contribution in [3.05, 3.63) is 0 Å². The molecule has 0 amide bonds. The van der Waals surface area contributed by atoms with Crippen LogP contribution in [0.2, 0.25) is 0 Å². The van der Waals surface area contributed by atoms with Gasteiger partial charge in [0.05, 0.1) is 0 Å². The summed E-state index contributed by atoms with van der Waals surface area (Å²) in [5.41, 5.74) is 0. The average Bonchev–Trinajstić information content (AvgIpc) is 1.68. The quantitative estimate of drug-likeness (QED) is 0.408. The Hall–Kier alpha value is 0.200. The van der Waals surface area contributed by atoms with E-state index < -0.39 is 0 Å². The molecule has 0 fully saturated rings. The first kappa shape index (κ1) is 7.20. The van der Waals surface area contributed by atoms with E-state index in [9.17, 15) is 0 Å². The van der Waals surface area contributed by atoms with Crippen molar-refractivity contribution in [1.29, 1.82) is 0 Å². The van der Waals surface area contributed by atoms with Gasteiger partial charge in [-0.05, 0) is 6.26 Å². The highest BCUT2D eigenvalue weighted by Gasteiger charge is 1.93. The maximum atomic E-state index is 5.51. The van der Waals surface area contributed by atoms with Crippen molar-refractivity contribution in [3.8, 4) is 12.3 Å². The van der Waals surface area contributed by atoms with Crippen molar-refractivity contribution in [1.82, 2.24) is 0 Å². The Morgan fingerprint density at radius 2 is 2.57 bits per heavy atom. The van der Waals surface area contributed by atoms with Crippen LogP contribution < -0.4 is 0 Å². The third-order valence-electron chi connectivity index (χ3n) is 0.494. The number of hydrogen-bond donors (Lipinski definition) is 0. The zero-order chi connectivity index (χ0) is 5.70. The molecule has 0 nitrogen and oxygen atoms in total. The van der Waals surface area contributed by atoms with E-state index in [1.807, 2.05) is 6.26 Å². The minimum Gasteiger partial charge on any atom is -0.163 e. The summed E-state index contributed by atoms with van der Waals surface area (Å²) in [5.74, 6) is 3.26. The lowest BCUT2D eigenvalue weighted by molar-refractivity contribution is 1.31. The number of hydrogen-bond acceptors (Lipinski definition) is 1. The van der Waals surface area contributed by atoms with Crippen LogP contribution in [0.5, 0.6) is 0 Å². The zero-order valence-electron chi connectivity index (χ0n) is 4.15. The molecule has 0 aliphatic rings. The second-order valence-corrected chi connectivity index (χ2v) is 2.53. The van der Waals surface area contributed by atoms with Crippen LogP contribution in [0.15, 0.2) is 0 Å². The molecule has 0 aromatic carbocycles. The molecule has 0 aromatic heterocycles. The Morgan fingerprint density at radius 1 is 2.00 bits per heavy atom. The molecule has 0 rings (SSSR count). The molecule has 0 spiro atoms. The van der Waals surface area contributed by atoms with E-state index in [0.29, 0.717) is 0 Å². The maximum Gasteiger partial charge on any atom is 0.103 e. The molecule has 0 aromatic rings. The lowest BCUT2D eigenvalue weighted by atomic mass is 10.5. The largest absolute Gasteiger partial charge is 0.163 e. The minimum atomic E-state index is -0.0880. The second kappa shape index (κ2) is 4.36. The molecule has 1 atom stereocenters. The molecule has 0 saturated heterocycles. The number of rotatable bonds is 2. The summed E-state index contributed by atoms with van der Waals surface area (Å²) >= 11 is 7.17. The molecule has 1 unspecified atom stereocenters. The van der Waals surface area contributed by atoms with Crippen LogP contribution in [0.4, 0.5) is 0 Å². The van der Waals surface area contributed by atoms with Gasteiger partial charge in [-0.1, -0.05) is 5.92 Å². The van der Waals surface area contributed by atoms with Crippen LogP contribution in [-0.2, 0) is 0 Å². The van der Waals surface area contributed by atoms with Gasteiger partial charge in [0.25, 0.3) is 0 Å². The van der Waals surface area contributed by atoms with Gasteiger partial charge in [0, 0.05) is 5.75 Å². The zero-order valence-corrected chi connectivity index (χ0v) is 5.72. The molecular formula is C5H7ClS. The highest BCUT2D eigenvalue weighted by molar-refractivity contribution is 7.98. The van der Waals surface area contributed by atoms with Crippen molar-refractivity contribution in [2.45, 2.75) is 5.38 Å². The van der Waals surface area contributed by atoms with E-state index in [0.717, 1.165) is 5.75 Å². The van der Waals surface area contributed by atoms with E-state index in [1.54, 1.807) is 11.8 Å². The molecule has 0 aliphatic carbocycles. The van der Waals surface area contributed by atoms with Gasteiger partial charge < -0.3 is 0 Å². The van der Waals surface area contributed by atoms with Crippen LogP contribution in [-0.4, -0.2) is 17.4 Å². The van der Waals surface area contributed by atoms with Crippen LogP contribution >= 0.6 is 23.4 Å². The molecule has 2 heteroatoms. The van der Waals surface area contributed by atoms with Crippen LogP contribution in [0, 0.1) is 12.3 Å². The Morgan fingerprint density at radius 3 is 2.71 bits per heavy atom. The monoisotopic (exact) mass is 134 g/mol. The summed E-state index contributed by atoms with van der Waals surface area (Å²) in [5, 5.41) is -0.0880. The van der Waals surface area contributed by atoms with Gasteiger partial charge in [0.1, 0.15) is 5.38 Å². The molecule has 0 saturated carbocycles. The summed E-state index contributed by atoms with van der Waals surface area (Å²) in [6, 6.07) is 0. The Labute approximate surface area is 53.6 Å². The van der Waals surface area contributed by atoms with Crippen molar-refractivity contribution >= 4 is 23.4 Å². The van der Waals surface area contributed by atoms with Gasteiger partial charge in [-0.2, -0.15) is 11.8 Å². The van der Waals surface area contributed by atoms with Gasteiger partial charge in [-0.3, -0.25) is 0 Å². The third kappa shape index (κ3) is 4.04. The van der Waals surface area contributed by atoms with Crippen LogP contribution in [0.25, 0.3) is 0 Å². The van der Waals surface area contributed by atoms with Crippen molar-refractivity contribution in [3.63, 3.8) is 0 Å². The standard InChI is InChI=1S/C5H7ClS/c1-3-5(6)4-7-2/h1,5H,4H2,2H3. The fourth-order valence-electron chi connectivity index (χ4n) is 0.194. The second-order valence-electron chi connectivity index (χ2n) is 1.09. The topological polar surface area (TPSA) is 0 Å². The molecule has 0 aliphatic heterocycles.